The maximum absolute atomic E-state index is 9.12. The van der Waals surface area contributed by atoms with Crippen molar-refractivity contribution in [2.45, 2.75) is 27.4 Å². The highest BCUT2D eigenvalue weighted by molar-refractivity contribution is 9.10. The molecule has 0 saturated carbocycles. The van der Waals surface area contributed by atoms with Crippen molar-refractivity contribution in [1.82, 2.24) is 4.98 Å². The van der Waals surface area contributed by atoms with Gasteiger partial charge in [0.25, 0.3) is 0 Å². The van der Waals surface area contributed by atoms with E-state index < -0.39 is 0 Å². The van der Waals surface area contributed by atoms with Crippen LogP contribution in [0.15, 0.2) is 28.7 Å². The van der Waals surface area contributed by atoms with E-state index in [4.69, 9.17) is 9.84 Å². The van der Waals surface area contributed by atoms with Gasteiger partial charge in [-0.1, -0.05) is 15.9 Å². The highest BCUT2D eigenvalue weighted by Gasteiger charge is 2.06. The van der Waals surface area contributed by atoms with E-state index in [1.807, 2.05) is 39.0 Å². The molecule has 1 aromatic heterocycles. The molecule has 4 heteroatoms. The Morgan fingerprint density at radius 3 is 2.32 bits per heavy atom. The van der Waals surface area contributed by atoms with Crippen LogP contribution in [0.1, 0.15) is 22.4 Å². The minimum absolute atomic E-state index is 0.00435. The lowest BCUT2D eigenvalue weighted by atomic mass is 10.1. The summed E-state index contributed by atoms with van der Waals surface area (Å²) in [6, 6.07) is 7.53. The van der Waals surface area contributed by atoms with Gasteiger partial charge >= 0.3 is 0 Å². The summed E-state index contributed by atoms with van der Waals surface area (Å²) in [5, 5.41) is 9.12. The van der Waals surface area contributed by atoms with E-state index in [1.165, 1.54) is 0 Å². The Hall–Kier alpha value is -1.39. The molecule has 3 nitrogen and oxygen atoms in total. The summed E-state index contributed by atoms with van der Waals surface area (Å²) in [5.41, 5.74) is 3.85. The number of halogens is 1. The SMILES string of the molecule is Cc1cc(Oc2ccc(CO)c(C)n2)cc(C)c1Br. The van der Waals surface area contributed by atoms with Crippen LogP contribution in [-0.2, 0) is 6.61 Å². The zero-order valence-corrected chi connectivity index (χ0v) is 12.8. The van der Waals surface area contributed by atoms with Crippen molar-refractivity contribution >= 4 is 15.9 Å². The number of ether oxygens (including phenoxy) is 1. The first-order chi connectivity index (χ1) is 9.01. The van der Waals surface area contributed by atoms with Gasteiger partial charge in [-0.3, -0.25) is 0 Å². The second-order valence-electron chi connectivity index (χ2n) is 4.53. The van der Waals surface area contributed by atoms with E-state index in [0.717, 1.165) is 32.6 Å². The molecular formula is C15H16BrNO2. The molecule has 0 saturated heterocycles. The predicted molar refractivity (Wildman–Crippen MR) is 78.6 cm³/mol. The first-order valence-electron chi connectivity index (χ1n) is 6.03. The number of aliphatic hydroxyl groups is 1. The molecule has 0 atom stereocenters. The van der Waals surface area contributed by atoms with Crippen LogP contribution in [-0.4, -0.2) is 10.1 Å². The molecule has 1 N–H and O–H groups in total. The average Bonchev–Trinajstić information content (AvgIpc) is 2.36. The third kappa shape index (κ3) is 3.14. The third-order valence-electron chi connectivity index (χ3n) is 2.97. The average molecular weight is 322 g/mol. The Kier molecular flexibility index (Phi) is 4.22. The van der Waals surface area contributed by atoms with Gasteiger partial charge in [-0.05, 0) is 55.7 Å². The number of hydrogen-bond donors (Lipinski definition) is 1. The molecule has 2 rings (SSSR count). The van der Waals surface area contributed by atoms with E-state index in [0.29, 0.717) is 5.88 Å². The lowest BCUT2D eigenvalue weighted by Gasteiger charge is -2.10. The fraction of sp³-hybridized carbons (Fsp3) is 0.267. The summed E-state index contributed by atoms with van der Waals surface area (Å²) in [7, 11) is 0. The van der Waals surface area contributed by atoms with Crippen molar-refractivity contribution in [2.75, 3.05) is 0 Å². The zero-order chi connectivity index (χ0) is 14.0. The molecule has 1 aromatic carbocycles. The third-order valence-corrected chi connectivity index (χ3v) is 4.22. The number of benzene rings is 1. The van der Waals surface area contributed by atoms with E-state index in [1.54, 1.807) is 6.07 Å². The van der Waals surface area contributed by atoms with Crippen LogP contribution in [0.25, 0.3) is 0 Å². The van der Waals surface area contributed by atoms with Crippen molar-refractivity contribution in [2.24, 2.45) is 0 Å². The van der Waals surface area contributed by atoms with Crippen LogP contribution < -0.4 is 4.74 Å². The maximum Gasteiger partial charge on any atom is 0.219 e. The summed E-state index contributed by atoms with van der Waals surface area (Å²) in [5.74, 6) is 1.30. The van der Waals surface area contributed by atoms with Gasteiger partial charge in [-0.15, -0.1) is 0 Å². The smallest absolute Gasteiger partial charge is 0.219 e. The number of aliphatic hydroxyl groups excluding tert-OH is 1. The molecule has 0 fully saturated rings. The summed E-state index contributed by atoms with van der Waals surface area (Å²) in [6.07, 6.45) is 0. The molecule has 0 amide bonds. The van der Waals surface area contributed by atoms with Crippen molar-refractivity contribution in [3.8, 4) is 11.6 Å². The van der Waals surface area contributed by atoms with Crippen LogP contribution in [0.2, 0.25) is 0 Å². The molecule has 0 unspecified atom stereocenters. The van der Waals surface area contributed by atoms with E-state index >= 15 is 0 Å². The maximum atomic E-state index is 9.12. The monoisotopic (exact) mass is 321 g/mol. The highest BCUT2D eigenvalue weighted by Crippen LogP contribution is 2.29. The summed E-state index contributed by atoms with van der Waals surface area (Å²) in [4.78, 5) is 4.33. The minimum Gasteiger partial charge on any atom is -0.439 e. The van der Waals surface area contributed by atoms with Gasteiger partial charge in [0.2, 0.25) is 5.88 Å². The zero-order valence-electron chi connectivity index (χ0n) is 11.2. The minimum atomic E-state index is -0.00435. The Labute approximate surface area is 121 Å². The number of aromatic nitrogens is 1. The van der Waals surface area contributed by atoms with Crippen molar-refractivity contribution < 1.29 is 9.84 Å². The lowest BCUT2D eigenvalue weighted by molar-refractivity contribution is 0.280. The Morgan fingerprint density at radius 2 is 1.79 bits per heavy atom. The second-order valence-corrected chi connectivity index (χ2v) is 5.32. The predicted octanol–water partition coefficient (Wildman–Crippen LogP) is 4.05. The Bertz CT molecular complexity index is 588. The van der Waals surface area contributed by atoms with Gasteiger partial charge < -0.3 is 9.84 Å². The molecule has 0 spiro atoms. The molecule has 19 heavy (non-hydrogen) atoms. The fourth-order valence-corrected chi connectivity index (χ4v) is 2.11. The van der Waals surface area contributed by atoms with Gasteiger partial charge in [0.15, 0.2) is 0 Å². The van der Waals surface area contributed by atoms with Crippen LogP contribution >= 0.6 is 15.9 Å². The molecule has 1 heterocycles. The van der Waals surface area contributed by atoms with Crippen molar-refractivity contribution in [3.05, 3.63) is 51.1 Å². The molecule has 0 aliphatic carbocycles. The molecule has 0 aliphatic heterocycles. The number of hydrogen-bond acceptors (Lipinski definition) is 3. The summed E-state index contributed by atoms with van der Waals surface area (Å²) >= 11 is 3.53. The Morgan fingerprint density at radius 1 is 1.16 bits per heavy atom. The highest BCUT2D eigenvalue weighted by atomic mass is 79.9. The van der Waals surface area contributed by atoms with Crippen LogP contribution in [0.4, 0.5) is 0 Å². The largest absolute Gasteiger partial charge is 0.439 e. The van der Waals surface area contributed by atoms with Gasteiger partial charge in [0.05, 0.1) is 6.61 Å². The molecule has 2 aromatic rings. The van der Waals surface area contributed by atoms with Gasteiger partial charge in [0, 0.05) is 16.2 Å². The normalized spacial score (nSPS) is 10.6. The summed E-state index contributed by atoms with van der Waals surface area (Å²) in [6.45, 7) is 5.90. The topological polar surface area (TPSA) is 42.4 Å². The van der Waals surface area contributed by atoms with Crippen molar-refractivity contribution in [3.63, 3.8) is 0 Å². The van der Waals surface area contributed by atoms with Crippen molar-refractivity contribution in [1.29, 1.82) is 0 Å². The Balaban J connectivity index is 2.29. The van der Waals surface area contributed by atoms with Gasteiger partial charge in [0.1, 0.15) is 5.75 Å². The quantitative estimate of drug-likeness (QED) is 0.927. The molecule has 0 radical (unpaired) electrons. The van der Waals surface area contributed by atoms with Gasteiger partial charge in [-0.2, -0.15) is 0 Å². The first kappa shape index (κ1) is 14.0. The van der Waals surface area contributed by atoms with Crippen LogP contribution in [0, 0.1) is 20.8 Å². The van der Waals surface area contributed by atoms with E-state index in [9.17, 15) is 0 Å². The van der Waals surface area contributed by atoms with Crippen LogP contribution in [0.5, 0.6) is 11.6 Å². The lowest BCUT2D eigenvalue weighted by Crippen LogP contribution is -1.96. The number of pyridine rings is 1. The molecule has 0 aliphatic rings. The standard InChI is InChI=1S/C15H16BrNO2/c1-9-6-13(7-10(2)15(9)16)19-14-5-4-12(8-18)11(3)17-14/h4-7,18H,8H2,1-3H3. The molecule has 100 valence electrons. The van der Waals surface area contributed by atoms with Crippen LogP contribution in [0.3, 0.4) is 0 Å². The number of aryl methyl sites for hydroxylation is 3. The van der Waals surface area contributed by atoms with Gasteiger partial charge in [-0.25, -0.2) is 4.98 Å². The molecular weight excluding hydrogens is 306 g/mol. The number of nitrogens with zero attached hydrogens (tertiary/aromatic N) is 1. The van der Waals surface area contributed by atoms with E-state index in [2.05, 4.69) is 20.9 Å². The number of rotatable bonds is 3. The fourth-order valence-electron chi connectivity index (χ4n) is 1.88. The van der Waals surface area contributed by atoms with E-state index in [-0.39, 0.29) is 6.61 Å². The molecule has 0 bridgehead atoms. The summed E-state index contributed by atoms with van der Waals surface area (Å²) < 4.78 is 6.86. The second kappa shape index (κ2) is 5.72. The first-order valence-corrected chi connectivity index (χ1v) is 6.82.